The molecule has 1 aromatic carbocycles. The summed E-state index contributed by atoms with van der Waals surface area (Å²) in [5, 5.41) is 2.95. The number of rotatable bonds is 5. The summed E-state index contributed by atoms with van der Waals surface area (Å²) in [6.07, 6.45) is 0.516. The van der Waals surface area contributed by atoms with E-state index in [-0.39, 0.29) is 35.8 Å². The summed E-state index contributed by atoms with van der Waals surface area (Å²) in [4.78, 5) is 27.8. The molecule has 0 aromatic heterocycles. The van der Waals surface area contributed by atoms with Gasteiger partial charge in [-0.15, -0.1) is 12.4 Å². The van der Waals surface area contributed by atoms with Crippen LogP contribution >= 0.6 is 12.4 Å². The molecule has 2 atom stereocenters. The summed E-state index contributed by atoms with van der Waals surface area (Å²) < 4.78 is 13.8. The number of para-hydroxylation sites is 1. The van der Waals surface area contributed by atoms with Gasteiger partial charge in [-0.1, -0.05) is 19.1 Å². The Kier molecular flexibility index (Phi) is 6.97. The number of hydrogen-bond acceptors (Lipinski definition) is 3. The fourth-order valence-electron chi connectivity index (χ4n) is 2.83. The van der Waals surface area contributed by atoms with E-state index in [1.54, 1.807) is 32.3 Å². The molecule has 2 rings (SSSR count). The van der Waals surface area contributed by atoms with Gasteiger partial charge in [0.1, 0.15) is 11.9 Å². The second kappa shape index (κ2) is 8.26. The van der Waals surface area contributed by atoms with Crippen molar-refractivity contribution in [1.82, 2.24) is 10.2 Å². The monoisotopic (exact) mass is 343 g/mol. The molecule has 0 spiro atoms. The van der Waals surface area contributed by atoms with E-state index in [0.717, 1.165) is 0 Å². The minimum Gasteiger partial charge on any atom is -0.333 e. The molecule has 7 heteroatoms. The topological polar surface area (TPSA) is 52.7 Å². The number of likely N-dealkylation sites (N-methyl/N-ethyl adjacent to an activating group) is 1. The van der Waals surface area contributed by atoms with Crippen molar-refractivity contribution in [2.45, 2.75) is 19.4 Å². The number of nitrogens with zero attached hydrogens (tertiary/aromatic N) is 2. The van der Waals surface area contributed by atoms with Crippen LogP contribution in [-0.2, 0) is 9.59 Å². The number of amides is 2. The van der Waals surface area contributed by atoms with E-state index in [1.807, 2.05) is 6.92 Å². The molecule has 5 nitrogen and oxygen atoms in total. The number of carbonyl (C=O) groups is 2. The zero-order chi connectivity index (χ0) is 16.3. The summed E-state index contributed by atoms with van der Waals surface area (Å²) >= 11 is 0. The molecule has 2 unspecified atom stereocenters. The predicted molar refractivity (Wildman–Crippen MR) is 90.3 cm³/mol. The van der Waals surface area contributed by atoms with Crippen LogP contribution in [0.4, 0.5) is 10.1 Å². The highest BCUT2D eigenvalue weighted by atomic mass is 35.5. The van der Waals surface area contributed by atoms with Crippen molar-refractivity contribution >= 4 is 29.9 Å². The molecule has 1 aliphatic rings. The lowest BCUT2D eigenvalue weighted by Crippen LogP contribution is -2.46. The quantitative estimate of drug-likeness (QED) is 0.884. The average molecular weight is 344 g/mol. The highest BCUT2D eigenvalue weighted by Gasteiger charge is 2.38. The van der Waals surface area contributed by atoms with Gasteiger partial charge in [0, 0.05) is 26.1 Å². The van der Waals surface area contributed by atoms with E-state index in [0.29, 0.717) is 19.5 Å². The van der Waals surface area contributed by atoms with Crippen LogP contribution in [0.25, 0.3) is 0 Å². The van der Waals surface area contributed by atoms with Crippen LogP contribution in [0.3, 0.4) is 0 Å². The molecule has 0 aliphatic carbocycles. The Hall–Kier alpha value is -1.66. The minimum absolute atomic E-state index is 0. The molecule has 2 amide bonds. The first-order chi connectivity index (χ1) is 10.5. The van der Waals surface area contributed by atoms with E-state index in [4.69, 9.17) is 0 Å². The highest BCUT2D eigenvalue weighted by molar-refractivity contribution is 6.01. The number of nitrogens with one attached hydrogen (secondary N) is 1. The summed E-state index contributed by atoms with van der Waals surface area (Å²) in [5.74, 6) is -0.931. The number of hydrogen-bond donors (Lipinski definition) is 1. The maximum absolute atomic E-state index is 13.8. The molecular weight excluding hydrogens is 321 g/mol. The second-order valence-corrected chi connectivity index (χ2v) is 5.65. The Morgan fingerprint density at radius 2 is 2.13 bits per heavy atom. The van der Waals surface area contributed by atoms with Gasteiger partial charge in [-0.05, 0) is 25.6 Å². The Morgan fingerprint density at radius 1 is 1.48 bits per heavy atom. The van der Waals surface area contributed by atoms with E-state index in [9.17, 15) is 14.0 Å². The van der Waals surface area contributed by atoms with Gasteiger partial charge in [0.15, 0.2) is 0 Å². The molecule has 0 saturated carbocycles. The van der Waals surface area contributed by atoms with Crippen molar-refractivity contribution in [3.05, 3.63) is 30.1 Å². The fourth-order valence-corrected chi connectivity index (χ4v) is 2.83. The number of carbonyl (C=O) groups excluding carboxylic acids is 2. The third kappa shape index (κ3) is 4.00. The van der Waals surface area contributed by atoms with Gasteiger partial charge >= 0.3 is 0 Å². The van der Waals surface area contributed by atoms with Gasteiger partial charge < -0.3 is 15.1 Å². The normalized spacial score (nSPS) is 18.5. The van der Waals surface area contributed by atoms with Gasteiger partial charge in [-0.25, -0.2) is 4.39 Å². The lowest BCUT2D eigenvalue weighted by Gasteiger charge is -2.26. The fraction of sp³-hybridized carbons (Fsp3) is 0.500. The van der Waals surface area contributed by atoms with Crippen molar-refractivity contribution in [2.24, 2.45) is 5.92 Å². The molecular formula is C16H23ClFN3O2. The standard InChI is InChI=1S/C16H22FN3O2.ClH/c1-11(10-18-2)15(21)19(3)14-8-9-20(16(14)22)13-7-5-4-6-12(13)17;/h4-7,11,14,18H,8-10H2,1-3H3;1H. The Balaban J connectivity index is 0.00000264. The number of anilines is 1. The largest absolute Gasteiger partial charge is 0.333 e. The predicted octanol–water partition coefficient (Wildman–Crippen LogP) is 1.67. The number of halogens is 2. The van der Waals surface area contributed by atoms with Crippen LogP contribution in [0.2, 0.25) is 0 Å². The van der Waals surface area contributed by atoms with Gasteiger partial charge in [0.05, 0.1) is 5.69 Å². The summed E-state index contributed by atoms with van der Waals surface area (Å²) in [6, 6.07) is 5.68. The van der Waals surface area contributed by atoms with Crippen molar-refractivity contribution < 1.29 is 14.0 Å². The van der Waals surface area contributed by atoms with E-state index < -0.39 is 11.9 Å². The molecule has 23 heavy (non-hydrogen) atoms. The molecule has 0 radical (unpaired) electrons. The van der Waals surface area contributed by atoms with E-state index in [1.165, 1.54) is 15.9 Å². The Bertz CT molecular complexity index is 570. The third-order valence-corrected chi connectivity index (χ3v) is 4.07. The van der Waals surface area contributed by atoms with Crippen molar-refractivity contribution in [3.63, 3.8) is 0 Å². The molecule has 1 heterocycles. The van der Waals surface area contributed by atoms with E-state index in [2.05, 4.69) is 5.32 Å². The lowest BCUT2D eigenvalue weighted by atomic mass is 10.1. The van der Waals surface area contributed by atoms with Gasteiger partial charge in [0.2, 0.25) is 11.8 Å². The third-order valence-electron chi connectivity index (χ3n) is 4.07. The first-order valence-corrected chi connectivity index (χ1v) is 7.44. The van der Waals surface area contributed by atoms with Crippen molar-refractivity contribution in [3.8, 4) is 0 Å². The molecule has 1 aliphatic heterocycles. The summed E-state index contributed by atoms with van der Waals surface area (Å²) in [7, 11) is 3.42. The second-order valence-electron chi connectivity index (χ2n) is 5.65. The summed E-state index contributed by atoms with van der Waals surface area (Å²) in [6.45, 7) is 2.80. The maximum atomic E-state index is 13.8. The van der Waals surface area contributed by atoms with E-state index >= 15 is 0 Å². The Labute approximate surface area is 142 Å². The molecule has 0 bridgehead atoms. The van der Waals surface area contributed by atoms with Crippen LogP contribution in [0.1, 0.15) is 13.3 Å². The SMILES string of the molecule is CNCC(C)C(=O)N(C)C1CCN(c2ccccc2F)C1=O.Cl. The molecule has 1 N–H and O–H groups in total. The highest BCUT2D eigenvalue weighted by Crippen LogP contribution is 2.26. The molecule has 1 aromatic rings. The molecule has 1 saturated heterocycles. The lowest BCUT2D eigenvalue weighted by molar-refractivity contribution is -0.139. The van der Waals surface area contributed by atoms with Crippen molar-refractivity contribution in [2.75, 3.05) is 32.1 Å². The zero-order valence-corrected chi connectivity index (χ0v) is 14.4. The van der Waals surface area contributed by atoms with Crippen molar-refractivity contribution in [1.29, 1.82) is 0 Å². The van der Waals surface area contributed by atoms with Gasteiger partial charge in [0.25, 0.3) is 0 Å². The van der Waals surface area contributed by atoms with Crippen LogP contribution in [0.5, 0.6) is 0 Å². The molecule has 128 valence electrons. The first kappa shape index (κ1) is 19.4. The van der Waals surface area contributed by atoms with Crippen LogP contribution < -0.4 is 10.2 Å². The van der Waals surface area contributed by atoms with Crippen LogP contribution in [0.15, 0.2) is 24.3 Å². The minimum atomic E-state index is -0.522. The van der Waals surface area contributed by atoms with Crippen LogP contribution in [-0.4, -0.2) is 49.9 Å². The zero-order valence-electron chi connectivity index (χ0n) is 13.6. The maximum Gasteiger partial charge on any atom is 0.249 e. The Morgan fingerprint density at radius 3 is 2.74 bits per heavy atom. The number of benzene rings is 1. The summed E-state index contributed by atoms with van der Waals surface area (Å²) in [5.41, 5.74) is 0.277. The average Bonchev–Trinajstić information content (AvgIpc) is 2.88. The molecule has 1 fully saturated rings. The smallest absolute Gasteiger partial charge is 0.249 e. The van der Waals surface area contributed by atoms with Gasteiger partial charge in [-0.2, -0.15) is 0 Å². The van der Waals surface area contributed by atoms with Crippen LogP contribution in [0, 0.1) is 11.7 Å². The van der Waals surface area contributed by atoms with Gasteiger partial charge in [-0.3, -0.25) is 9.59 Å². The first-order valence-electron chi connectivity index (χ1n) is 7.44.